The summed E-state index contributed by atoms with van der Waals surface area (Å²) in [5.41, 5.74) is 0.0935. The van der Waals surface area contributed by atoms with Gasteiger partial charge in [0.25, 0.3) is 5.56 Å². The van der Waals surface area contributed by atoms with E-state index in [4.69, 9.17) is 18.0 Å². The first-order valence-corrected chi connectivity index (χ1v) is 5.90. The Labute approximate surface area is 106 Å². The molecule has 4 nitrogen and oxygen atoms in total. The second-order valence-corrected chi connectivity index (χ2v) is 4.34. The number of rotatable bonds is 5. The number of terminal acetylenes is 1. The van der Waals surface area contributed by atoms with Crippen LogP contribution in [0.5, 0.6) is 0 Å². The predicted molar refractivity (Wildman–Crippen MR) is 70.3 cm³/mol. The van der Waals surface area contributed by atoms with Crippen molar-refractivity contribution in [2.45, 2.75) is 26.8 Å². The monoisotopic (exact) mass is 253 g/mol. The van der Waals surface area contributed by atoms with Crippen molar-refractivity contribution in [3.05, 3.63) is 21.6 Å². The quantitative estimate of drug-likeness (QED) is 0.817. The predicted octanol–water partition coefficient (Wildman–Crippen LogP) is 1.99. The van der Waals surface area contributed by atoms with Gasteiger partial charge in [-0.25, -0.2) is 4.68 Å². The Morgan fingerprint density at radius 2 is 2.41 bits per heavy atom. The summed E-state index contributed by atoms with van der Waals surface area (Å²) in [5.74, 6) is 2.85. The molecule has 0 bridgehead atoms. The fourth-order valence-electron chi connectivity index (χ4n) is 1.25. The molecule has 0 aliphatic carbocycles. The van der Waals surface area contributed by atoms with Crippen LogP contribution >= 0.6 is 11.6 Å². The molecular weight excluding hydrogens is 238 g/mol. The molecule has 1 N–H and O–H groups in total. The molecule has 0 aliphatic heterocycles. The number of halogens is 1. The zero-order valence-corrected chi connectivity index (χ0v) is 10.8. The highest BCUT2D eigenvalue weighted by Crippen LogP contribution is 2.15. The van der Waals surface area contributed by atoms with Gasteiger partial charge >= 0.3 is 0 Å². The van der Waals surface area contributed by atoms with Crippen LogP contribution in [0.3, 0.4) is 0 Å². The lowest BCUT2D eigenvalue weighted by atomic mass is 10.1. The van der Waals surface area contributed by atoms with Crippen molar-refractivity contribution in [1.29, 1.82) is 0 Å². The van der Waals surface area contributed by atoms with E-state index in [2.05, 4.69) is 30.2 Å². The Hall–Kier alpha value is -1.47. The lowest BCUT2D eigenvalue weighted by molar-refractivity contribution is 0.591. The van der Waals surface area contributed by atoms with Gasteiger partial charge in [-0.15, -0.1) is 6.42 Å². The standard InChI is InChI=1S/C12H16ClN3O/c1-4-6-16-12(17)11(10(13)8-15-16)14-7-9(3)5-2/h1,8-9,14H,5-7H2,2-3H3. The van der Waals surface area contributed by atoms with Gasteiger partial charge < -0.3 is 5.32 Å². The maximum Gasteiger partial charge on any atom is 0.292 e. The third kappa shape index (κ3) is 3.50. The summed E-state index contributed by atoms with van der Waals surface area (Å²) < 4.78 is 1.21. The Kier molecular flexibility index (Phi) is 5.05. The summed E-state index contributed by atoms with van der Waals surface area (Å²) in [5, 5.41) is 7.25. The molecule has 1 heterocycles. The minimum absolute atomic E-state index is 0.147. The molecule has 92 valence electrons. The number of nitrogens with zero attached hydrogens (tertiary/aromatic N) is 2. The van der Waals surface area contributed by atoms with Gasteiger partial charge in [-0.05, 0) is 5.92 Å². The Morgan fingerprint density at radius 1 is 1.71 bits per heavy atom. The van der Waals surface area contributed by atoms with Gasteiger partial charge in [-0.2, -0.15) is 5.10 Å². The largest absolute Gasteiger partial charge is 0.379 e. The summed E-state index contributed by atoms with van der Waals surface area (Å²) in [6, 6.07) is 0. The fraction of sp³-hybridized carbons (Fsp3) is 0.500. The summed E-state index contributed by atoms with van der Waals surface area (Å²) in [6.45, 7) is 5.04. The SMILES string of the molecule is C#CCn1ncc(Cl)c(NCC(C)CC)c1=O. The zero-order chi connectivity index (χ0) is 12.8. The molecule has 5 heteroatoms. The number of hydrogen-bond donors (Lipinski definition) is 1. The molecule has 0 saturated carbocycles. The van der Waals surface area contributed by atoms with Crippen LogP contribution in [0.25, 0.3) is 0 Å². The van der Waals surface area contributed by atoms with E-state index < -0.39 is 0 Å². The molecule has 1 aromatic rings. The van der Waals surface area contributed by atoms with Crippen molar-refractivity contribution in [2.75, 3.05) is 11.9 Å². The first-order valence-electron chi connectivity index (χ1n) is 5.53. The average molecular weight is 254 g/mol. The van der Waals surface area contributed by atoms with E-state index in [-0.39, 0.29) is 12.1 Å². The lowest BCUT2D eigenvalue weighted by Crippen LogP contribution is -2.27. The van der Waals surface area contributed by atoms with Crippen LogP contribution in [0.2, 0.25) is 5.02 Å². The van der Waals surface area contributed by atoms with Gasteiger partial charge in [0, 0.05) is 6.54 Å². The number of hydrogen-bond acceptors (Lipinski definition) is 3. The average Bonchev–Trinajstić information content (AvgIpc) is 2.32. The topological polar surface area (TPSA) is 46.9 Å². The normalized spacial score (nSPS) is 11.9. The van der Waals surface area contributed by atoms with Crippen molar-refractivity contribution in [3.8, 4) is 12.3 Å². The maximum atomic E-state index is 11.9. The van der Waals surface area contributed by atoms with E-state index in [0.717, 1.165) is 6.42 Å². The van der Waals surface area contributed by atoms with Crippen LogP contribution in [0.4, 0.5) is 5.69 Å². The van der Waals surface area contributed by atoms with Crippen LogP contribution in [0, 0.1) is 18.3 Å². The molecule has 0 radical (unpaired) electrons. The van der Waals surface area contributed by atoms with Crippen LogP contribution in [-0.2, 0) is 6.54 Å². The van der Waals surface area contributed by atoms with Crippen LogP contribution in [0.1, 0.15) is 20.3 Å². The molecule has 0 aliphatic rings. The van der Waals surface area contributed by atoms with Gasteiger partial charge in [0.05, 0.1) is 11.2 Å². The summed E-state index contributed by atoms with van der Waals surface area (Å²) in [4.78, 5) is 11.9. The van der Waals surface area contributed by atoms with Crippen molar-refractivity contribution in [3.63, 3.8) is 0 Å². The first-order chi connectivity index (χ1) is 8.10. The van der Waals surface area contributed by atoms with Crippen molar-refractivity contribution >= 4 is 17.3 Å². The highest BCUT2D eigenvalue weighted by molar-refractivity contribution is 6.32. The van der Waals surface area contributed by atoms with Gasteiger partial charge in [0.15, 0.2) is 0 Å². The van der Waals surface area contributed by atoms with E-state index in [1.54, 1.807) is 0 Å². The second kappa shape index (κ2) is 6.31. The Bertz CT molecular complexity index is 476. The maximum absolute atomic E-state index is 11.9. The lowest BCUT2D eigenvalue weighted by Gasteiger charge is -2.12. The fourth-order valence-corrected chi connectivity index (χ4v) is 1.44. The second-order valence-electron chi connectivity index (χ2n) is 3.93. The molecular formula is C12H16ClN3O. The van der Waals surface area contributed by atoms with Gasteiger partial charge in [0.2, 0.25) is 0 Å². The highest BCUT2D eigenvalue weighted by Gasteiger charge is 2.10. The molecule has 1 unspecified atom stereocenters. The molecule has 0 spiro atoms. The molecule has 0 aromatic carbocycles. The van der Waals surface area contributed by atoms with E-state index in [1.165, 1.54) is 10.9 Å². The van der Waals surface area contributed by atoms with Gasteiger partial charge in [-0.1, -0.05) is 37.8 Å². The summed E-state index contributed by atoms with van der Waals surface area (Å²) in [6.07, 6.45) is 7.62. The number of aromatic nitrogens is 2. The van der Waals surface area contributed by atoms with Gasteiger partial charge in [-0.3, -0.25) is 4.79 Å². The third-order valence-corrected chi connectivity index (χ3v) is 2.85. The van der Waals surface area contributed by atoms with Crippen molar-refractivity contribution < 1.29 is 0 Å². The molecule has 1 atom stereocenters. The minimum atomic E-state index is -0.279. The minimum Gasteiger partial charge on any atom is -0.379 e. The molecule has 17 heavy (non-hydrogen) atoms. The van der Waals surface area contributed by atoms with Crippen LogP contribution in [0.15, 0.2) is 11.0 Å². The number of anilines is 1. The van der Waals surface area contributed by atoms with E-state index in [1.807, 2.05) is 0 Å². The molecule has 0 saturated heterocycles. The molecule has 0 fully saturated rings. The van der Waals surface area contributed by atoms with Crippen LogP contribution in [-0.4, -0.2) is 16.3 Å². The Morgan fingerprint density at radius 3 is 3.00 bits per heavy atom. The Balaban J connectivity index is 2.94. The summed E-state index contributed by atoms with van der Waals surface area (Å²) >= 11 is 5.94. The summed E-state index contributed by atoms with van der Waals surface area (Å²) in [7, 11) is 0. The van der Waals surface area contributed by atoms with E-state index in [9.17, 15) is 4.79 Å². The van der Waals surface area contributed by atoms with E-state index >= 15 is 0 Å². The van der Waals surface area contributed by atoms with Gasteiger partial charge in [0.1, 0.15) is 12.2 Å². The third-order valence-electron chi connectivity index (χ3n) is 2.56. The van der Waals surface area contributed by atoms with Crippen molar-refractivity contribution in [1.82, 2.24) is 9.78 Å². The highest BCUT2D eigenvalue weighted by atomic mass is 35.5. The van der Waals surface area contributed by atoms with E-state index in [0.29, 0.717) is 23.2 Å². The zero-order valence-electron chi connectivity index (χ0n) is 10.0. The van der Waals surface area contributed by atoms with Crippen LogP contribution < -0.4 is 10.9 Å². The molecule has 1 rings (SSSR count). The smallest absolute Gasteiger partial charge is 0.292 e. The van der Waals surface area contributed by atoms with Crippen molar-refractivity contribution in [2.24, 2.45) is 5.92 Å². The molecule has 0 amide bonds. The first kappa shape index (κ1) is 13.6. The molecule has 1 aromatic heterocycles. The number of nitrogens with one attached hydrogen (secondary N) is 1.